The fourth-order valence-corrected chi connectivity index (χ4v) is 5.24. The molecule has 0 N–H and O–H groups in total. The van der Waals surface area contributed by atoms with Gasteiger partial charge in [-0.3, -0.25) is 24.1 Å². The molecule has 212 valence electrons. The molecule has 0 saturated heterocycles. The molecule has 0 bridgehead atoms. The summed E-state index contributed by atoms with van der Waals surface area (Å²) in [6, 6.07) is 3.03. The summed E-state index contributed by atoms with van der Waals surface area (Å²) in [6.45, 7) is 3.87. The Bertz CT molecular complexity index is 934. The molecule has 0 heterocycles. The SMILES string of the molecule is CCOC(=O)[C@@H]1C(=O)C(CN(CCCl)CCCl)C(=O)[C@H](C(=O)OCC)C1c1cc(OC)c(OC)c(OC)c1. The Morgan fingerprint density at radius 2 is 1.26 bits per heavy atom. The highest BCUT2D eigenvalue weighted by atomic mass is 35.5. The van der Waals surface area contributed by atoms with E-state index in [-0.39, 0.29) is 54.3 Å². The van der Waals surface area contributed by atoms with Gasteiger partial charge in [-0.25, -0.2) is 0 Å². The first-order valence-corrected chi connectivity index (χ1v) is 13.4. The van der Waals surface area contributed by atoms with E-state index in [4.69, 9.17) is 46.9 Å². The van der Waals surface area contributed by atoms with E-state index < -0.39 is 47.2 Å². The van der Waals surface area contributed by atoms with E-state index in [0.29, 0.717) is 13.1 Å². The van der Waals surface area contributed by atoms with Gasteiger partial charge in [0.2, 0.25) is 5.75 Å². The Morgan fingerprint density at radius 1 is 0.816 bits per heavy atom. The molecule has 0 amide bonds. The summed E-state index contributed by atoms with van der Waals surface area (Å²) in [5, 5.41) is 0. The number of ketones is 2. The molecule has 1 aliphatic carbocycles. The number of carbonyl (C=O) groups is 4. The monoisotopic (exact) mass is 575 g/mol. The van der Waals surface area contributed by atoms with E-state index in [1.165, 1.54) is 33.5 Å². The molecule has 38 heavy (non-hydrogen) atoms. The van der Waals surface area contributed by atoms with Crippen LogP contribution >= 0.6 is 23.2 Å². The minimum absolute atomic E-state index is 0.00209. The van der Waals surface area contributed by atoms with Gasteiger partial charge in [0.1, 0.15) is 11.8 Å². The highest BCUT2D eigenvalue weighted by Crippen LogP contribution is 2.47. The van der Waals surface area contributed by atoms with Gasteiger partial charge in [0.25, 0.3) is 0 Å². The van der Waals surface area contributed by atoms with Gasteiger partial charge in [-0.05, 0) is 31.5 Å². The van der Waals surface area contributed by atoms with Crippen molar-refractivity contribution in [1.82, 2.24) is 4.90 Å². The van der Waals surface area contributed by atoms with E-state index in [9.17, 15) is 19.2 Å². The summed E-state index contributed by atoms with van der Waals surface area (Å²) < 4.78 is 26.8. The normalized spacial score (nSPS) is 21.3. The van der Waals surface area contributed by atoms with Crippen LogP contribution < -0.4 is 14.2 Å². The molecule has 1 aromatic carbocycles. The Hall–Kier alpha value is -2.56. The van der Waals surface area contributed by atoms with Crippen molar-refractivity contribution in [2.24, 2.45) is 17.8 Å². The predicted molar refractivity (Wildman–Crippen MR) is 140 cm³/mol. The molecule has 1 aromatic rings. The Kier molecular flexibility index (Phi) is 12.6. The zero-order chi connectivity index (χ0) is 28.4. The largest absolute Gasteiger partial charge is 0.493 e. The van der Waals surface area contributed by atoms with Gasteiger partial charge >= 0.3 is 11.9 Å². The van der Waals surface area contributed by atoms with Gasteiger partial charge in [-0.2, -0.15) is 0 Å². The summed E-state index contributed by atoms with van der Waals surface area (Å²) in [5.41, 5.74) is 0.286. The van der Waals surface area contributed by atoms with Crippen LogP contribution in [-0.2, 0) is 28.7 Å². The number of carbonyl (C=O) groups excluding carboxylic acids is 4. The van der Waals surface area contributed by atoms with Gasteiger partial charge in [0, 0.05) is 37.3 Å². The Balaban J connectivity index is 2.77. The van der Waals surface area contributed by atoms with Gasteiger partial charge in [-0.1, -0.05) is 0 Å². The highest BCUT2D eigenvalue weighted by molar-refractivity contribution is 6.19. The van der Waals surface area contributed by atoms with Crippen LogP contribution in [0.1, 0.15) is 25.3 Å². The van der Waals surface area contributed by atoms with Crippen molar-refractivity contribution < 1.29 is 42.9 Å². The average Bonchev–Trinajstić information content (AvgIpc) is 2.90. The number of hydrogen-bond acceptors (Lipinski definition) is 10. The van der Waals surface area contributed by atoms with E-state index in [0.717, 1.165) is 0 Å². The quantitative estimate of drug-likeness (QED) is 0.186. The molecular weight excluding hydrogens is 541 g/mol. The zero-order valence-corrected chi connectivity index (χ0v) is 23.8. The van der Waals surface area contributed by atoms with Crippen LogP contribution in [0.3, 0.4) is 0 Å². The summed E-state index contributed by atoms with van der Waals surface area (Å²) in [5.74, 6) is -7.25. The summed E-state index contributed by atoms with van der Waals surface area (Å²) in [7, 11) is 4.24. The van der Waals surface area contributed by atoms with E-state index in [2.05, 4.69) is 0 Å². The fourth-order valence-electron chi connectivity index (χ4n) is 4.76. The number of halogens is 2. The number of hydrogen-bond donors (Lipinski definition) is 0. The second-order valence-electron chi connectivity index (χ2n) is 8.48. The van der Waals surface area contributed by atoms with Crippen molar-refractivity contribution in [3.05, 3.63) is 17.7 Å². The summed E-state index contributed by atoms with van der Waals surface area (Å²) in [6.07, 6.45) is 0. The van der Waals surface area contributed by atoms with Gasteiger partial charge in [0.15, 0.2) is 23.1 Å². The lowest BCUT2D eigenvalue weighted by Gasteiger charge is -2.39. The smallest absolute Gasteiger partial charge is 0.317 e. The Labute approximate surface area is 232 Å². The molecule has 2 unspecified atom stereocenters. The first kappa shape index (κ1) is 31.7. The van der Waals surface area contributed by atoms with Crippen molar-refractivity contribution in [3.8, 4) is 17.2 Å². The van der Waals surface area contributed by atoms with E-state index >= 15 is 0 Å². The molecule has 0 aliphatic heterocycles. The van der Waals surface area contributed by atoms with Crippen molar-refractivity contribution >= 4 is 46.7 Å². The van der Waals surface area contributed by atoms with Crippen LogP contribution in [0.4, 0.5) is 0 Å². The maximum absolute atomic E-state index is 13.9. The minimum atomic E-state index is -1.47. The van der Waals surface area contributed by atoms with Crippen LogP contribution in [0.5, 0.6) is 17.2 Å². The molecule has 0 spiro atoms. The van der Waals surface area contributed by atoms with Gasteiger partial charge in [-0.15, -0.1) is 23.2 Å². The van der Waals surface area contributed by atoms with Crippen molar-refractivity contribution in [3.63, 3.8) is 0 Å². The van der Waals surface area contributed by atoms with Gasteiger partial charge in [0.05, 0.1) is 40.5 Å². The first-order valence-electron chi connectivity index (χ1n) is 12.3. The van der Waals surface area contributed by atoms with Crippen LogP contribution in [0, 0.1) is 17.8 Å². The number of ether oxygens (including phenoxy) is 5. The Morgan fingerprint density at radius 3 is 1.61 bits per heavy atom. The number of alkyl halides is 2. The van der Waals surface area contributed by atoms with Crippen LogP contribution in [0.15, 0.2) is 12.1 Å². The standard InChI is InChI=1S/C26H35Cl2NO9/c1-6-37-25(32)20-19(15-12-17(34-3)24(36-5)18(13-15)35-4)21(26(33)38-7-2)23(31)16(22(20)30)14-29(10-8-27)11-9-28/h12-13,16,19-21H,6-11,14H2,1-5H3/t16?,19?,20-,21+. The highest BCUT2D eigenvalue weighted by Gasteiger charge is 2.57. The number of methoxy groups -OCH3 is 3. The number of nitrogens with zero attached hydrogens (tertiary/aromatic N) is 1. The molecule has 10 nitrogen and oxygen atoms in total. The molecule has 4 atom stereocenters. The summed E-state index contributed by atoms with van der Waals surface area (Å²) in [4.78, 5) is 56.1. The lowest BCUT2D eigenvalue weighted by Crippen LogP contribution is -2.55. The maximum atomic E-state index is 13.9. The second-order valence-corrected chi connectivity index (χ2v) is 9.24. The van der Waals surface area contributed by atoms with Crippen LogP contribution in [0.2, 0.25) is 0 Å². The lowest BCUT2D eigenvalue weighted by molar-refractivity contribution is -0.164. The number of rotatable bonds is 14. The van der Waals surface area contributed by atoms with Crippen LogP contribution in [0.25, 0.3) is 0 Å². The lowest BCUT2D eigenvalue weighted by atomic mass is 9.63. The number of benzene rings is 1. The van der Waals surface area contributed by atoms with Crippen LogP contribution in [-0.4, -0.2) is 94.3 Å². The molecule has 2 rings (SSSR count). The molecule has 0 aromatic heterocycles. The van der Waals surface area contributed by atoms with Crippen molar-refractivity contribution in [2.75, 3.05) is 65.9 Å². The predicted octanol–water partition coefficient (Wildman–Crippen LogP) is 2.70. The topological polar surface area (TPSA) is 118 Å². The minimum Gasteiger partial charge on any atom is -0.493 e. The number of Topliss-reactive ketones (excluding diaryl/α,β-unsaturated/α-hetero) is 2. The molecule has 1 saturated carbocycles. The third-order valence-corrected chi connectivity index (χ3v) is 6.75. The number of esters is 2. The van der Waals surface area contributed by atoms with E-state index in [1.54, 1.807) is 18.7 Å². The zero-order valence-electron chi connectivity index (χ0n) is 22.3. The fraction of sp³-hybridized carbons (Fsp3) is 0.615. The van der Waals surface area contributed by atoms with Crippen molar-refractivity contribution in [1.29, 1.82) is 0 Å². The van der Waals surface area contributed by atoms with E-state index in [1.807, 2.05) is 0 Å². The first-order chi connectivity index (χ1) is 18.2. The molecule has 1 fully saturated rings. The second kappa shape index (κ2) is 15.1. The molecule has 12 heteroatoms. The van der Waals surface area contributed by atoms with Gasteiger partial charge < -0.3 is 23.7 Å². The third-order valence-electron chi connectivity index (χ3n) is 6.41. The molecular formula is C26H35Cl2NO9. The average molecular weight is 576 g/mol. The maximum Gasteiger partial charge on any atom is 0.317 e. The summed E-state index contributed by atoms with van der Waals surface area (Å²) >= 11 is 11.8. The molecule has 1 aliphatic rings. The molecule has 0 radical (unpaired) electrons. The third kappa shape index (κ3) is 6.90. The van der Waals surface area contributed by atoms with Crippen molar-refractivity contribution in [2.45, 2.75) is 19.8 Å².